The Morgan fingerprint density at radius 1 is 0.914 bits per heavy atom. The number of anilines is 1. The summed E-state index contributed by atoms with van der Waals surface area (Å²) in [5.41, 5.74) is 4.25. The molecule has 1 N–H and O–H groups in total. The number of nitrogens with one attached hydrogen (secondary N) is 1. The first kappa shape index (κ1) is 22.6. The number of carbonyl (C=O) groups excluding carboxylic acids is 1. The van der Waals surface area contributed by atoms with Crippen LogP contribution < -0.4 is 10.9 Å². The summed E-state index contributed by atoms with van der Waals surface area (Å²) in [6.07, 6.45) is 1.66. The molecular weight excluding hydrogens is 456 g/mol. The molecule has 0 unspecified atom stereocenters. The van der Waals surface area contributed by atoms with E-state index in [4.69, 9.17) is 0 Å². The second-order valence-corrected chi connectivity index (χ2v) is 8.97. The lowest BCUT2D eigenvalue weighted by molar-refractivity contribution is -0.113. The van der Waals surface area contributed by atoms with Gasteiger partial charge in [0.25, 0.3) is 5.56 Å². The molecular formula is C28H22N4O2S. The third-order valence-electron chi connectivity index (χ3n) is 5.48. The van der Waals surface area contributed by atoms with Crippen LogP contribution in [0.25, 0.3) is 27.8 Å². The highest BCUT2D eigenvalue weighted by Gasteiger charge is 2.16. The first-order valence-corrected chi connectivity index (χ1v) is 12.1. The van der Waals surface area contributed by atoms with E-state index in [2.05, 4.69) is 15.3 Å². The maximum absolute atomic E-state index is 13.3. The van der Waals surface area contributed by atoms with Crippen molar-refractivity contribution in [2.75, 3.05) is 11.1 Å². The molecule has 2 heterocycles. The predicted octanol–water partition coefficient (Wildman–Crippen LogP) is 5.49. The topological polar surface area (TPSA) is 76.9 Å². The predicted molar refractivity (Wildman–Crippen MR) is 141 cm³/mol. The Hall–Kier alpha value is -4.23. The number of pyridine rings is 1. The number of aryl methyl sites for hydroxylation is 1. The third kappa shape index (κ3) is 5.00. The third-order valence-corrected chi connectivity index (χ3v) is 6.42. The average Bonchev–Trinajstić information content (AvgIpc) is 2.88. The molecule has 172 valence electrons. The van der Waals surface area contributed by atoms with Crippen molar-refractivity contribution in [3.05, 3.63) is 113 Å². The summed E-state index contributed by atoms with van der Waals surface area (Å²) in [5.74, 6) is 0.387. The molecule has 2 aromatic heterocycles. The van der Waals surface area contributed by atoms with Crippen LogP contribution in [-0.4, -0.2) is 26.2 Å². The van der Waals surface area contributed by atoms with Crippen LogP contribution in [0, 0.1) is 6.92 Å². The summed E-state index contributed by atoms with van der Waals surface area (Å²) in [4.78, 5) is 35.1. The van der Waals surface area contributed by atoms with E-state index in [0.717, 1.165) is 16.7 Å². The van der Waals surface area contributed by atoms with Crippen LogP contribution in [0.1, 0.15) is 5.56 Å². The summed E-state index contributed by atoms with van der Waals surface area (Å²) < 4.78 is 1.47. The second kappa shape index (κ2) is 9.95. The van der Waals surface area contributed by atoms with Gasteiger partial charge in [-0.3, -0.25) is 9.59 Å². The first-order chi connectivity index (χ1) is 17.1. The zero-order valence-corrected chi connectivity index (χ0v) is 19.8. The summed E-state index contributed by atoms with van der Waals surface area (Å²) in [5, 5.41) is 3.84. The van der Waals surface area contributed by atoms with Gasteiger partial charge in [-0.25, -0.2) is 14.5 Å². The van der Waals surface area contributed by atoms with E-state index >= 15 is 0 Å². The molecule has 0 spiro atoms. The molecule has 35 heavy (non-hydrogen) atoms. The summed E-state index contributed by atoms with van der Waals surface area (Å²) in [6, 6.07) is 28.7. The Labute approximate surface area is 206 Å². The van der Waals surface area contributed by atoms with E-state index < -0.39 is 0 Å². The van der Waals surface area contributed by atoms with Crippen molar-refractivity contribution >= 4 is 34.3 Å². The largest absolute Gasteiger partial charge is 0.325 e. The van der Waals surface area contributed by atoms with Crippen LogP contribution in [0.15, 0.2) is 107 Å². The minimum absolute atomic E-state index is 0.0943. The number of benzene rings is 3. The van der Waals surface area contributed by atoms with Gasteiger partial charge in [0.05, 0.1) is 16.7 Å². The van der Waals surface area contributed by atoms with Crippen LogP contribution in [0.3, 0.4) is 0 Å². The number of para-hydroxylation sites is 1. The summed E-state index contributed by atoms with van der Waals surface area (Å²) >= 11 is 1.20. The van der Waals surface area contributed by atoms with Crippen molar-refractivity contribution in [2.45, 2.75) is 12.1 Å². The van der Waals surface area contributed by atoms with Gasteiger partial charge in [0.1, 0.15) is 5.82 Å². The van der Waals surface area contributed by atoms with Crippen molar-refractivity contribution in [2.24, 2.45) is 0 Å². The fraction of sp³-hybridized carbons (Fsp3) is 0.0714. The molecule has 0 aliphatic rings. The SMILES string of the molecule is Cc1ccnc(-n2c(SCC(=O)Nc3ccc(-c4ccccc4)cc3)nc3ccccc3c2=O)c1. The highest BCUT2D eigenvalue weighted by Crippen LogP contribution is 2.23. The molecule has 0 fully saturated rings. The van der Waals surface area contributed by atoms with E-state index in [9.17, 15) is 9.59 Å². The van der Waals surface area contributed by atoms with Crippen molar-refractivity contribution < 1.29 is 4.79 Å². The Kier molecular flexibility index (Phi) is 6.41. The number of nitrogens with zero attached hydrogens (tertiary/aromatic N) is 3. The monoisotopic (exact) mass is 478 g/mol. The minimum atomic E-state index is -0.215. The van der Waals surface area contributed by atoms with Crippen molar-refractivity contribution in [3.63, 3.8) is 0 Å². The highest BCUT2D eigenvalue weighted by atomic mass is 32.2. The molecule has 0 atom stereocenters. The first-order valence-electron chi connectivity index (χ1n) is 11.1. The maximum atomic E-state index is 13.3. The highest BCUT2D eigenvalue weighted by molar-refractivity contribution is 7.99. The molecule has 0 aliphatic heterocycles. The molecule has 5 aromatic rings. The van der Waals surface area contributed by atoms with Gasteiger partial charge in [-0.05, 0) is 60.0 Å². The number of hydrogen-bond donors (Lipinski definition) is 1. The Morgan fingerprint density at radius 2 is 1.63 bits per heavy atom. The molecule has 0 bridgehead atoms. The Balaban J connectivity index is 1.37. The fourth-order valence-corrected chi connectivity index (χ4v) is 4.56. The normalized spacial score (nSPS) is 10.9. The van der Waals surface area contributed by atoms with Crippen molar-refractivity contribution in [1.82, 2.24) is 14.5 Å². The van der Waals surface area contributed by atoms with Crippen LogP contribution in [0.5, 0.6) is 0 Å². The molecule has 0 aliphatic carbocycles. The van der Waals surface area contributed by atoms with Gasteiger partial charge in [0.15, 0.2) is 5.16 Å². The van der Waals surface area contributed by atoms with E-state index in [1.54, 1.807) is 18.3 Å². The van der Waals surface area contributed by atoms with Crippen LogP contribution in [0.2, 0.25) is 0 Å². The van der Waals surface area contributed by atoms with Gasteiger partial charge in [0, 0.05) is 11.9 Å². The molecule has 3 aromatic carbocycles. The number of aromatic nitrogens is 3. The lowest BCUT2D eigenvalue weighted by atomic mass is 10.1. The minimum Gasteiger partial charge on any atom is -0.325 e. The molecule has 0 radical (unpaired) electrons. The Morgan fingerprint density at radius 3 is 2.40 bits per heavy atom. The Bertz CT molecular complexity index is 1560. The number of amides is 1. The lowest BCUT2D eigenvalue weighted by Crippen LogP contribution is -2.23. The lowest BCUT2D eigenvalue weighted by Gasteiger charge is -2.13. The molecule has 0 saturated carbocycles. The van der Waals surface area contributed by atoms with E-state index in [1.165, 1.54) is 16.3 Å². The van der Waals surface area contributed by atoms with Crippen LogP contribution in [-0.2, 0) is 4.79 Å². The van der Waals surface area contributed by atoms with Gasteiger partial charge < -0.3 is 5.32 Å². The van der Waals surface area contributed by atoms with Crippen molar-refractivity contribution in [3.8, 4) is 16.9 Å². The smallest absolute Gasteiger partial charge is 0.267 e. The molecule has 7 heteroatoms. The number of hydrogen-bond acceptors (Lipinski definition) is 5. The van der Waals surface area contributed by atoms with E-state index in [0.29, 0.717) is 27.6 Å². The summed E-state index contributed by atoms with van der Waals surface area (Å²) in [6.45, 7) is 1.94. The second-order valence-electron chi connectivity index (χ2n) is 8.02. The van der Waals surface area contributed by atoms with E-state index in [1.807, 2.05) is 85.8 Å². The standard InChI is InChI=1S/C28H22N4O2S/c1-19-15-16-29-25(17-19)32-27(34)23-9-5-6-10-24(23)31-28(32)35-18-26(33)30-22-13-11-21(12-14-22)20-7-3-2-4-8-20/h2-17H,18H2,1H3,(H,30,33). The van der Waals surface area contributed by atoms with Crippen molar-refractivity contribution in [1.29, 1.82) is 0 Å². The van der Waals surface area contributed by atoms with E-state index in [-0.39, 0.29) is 17.2 Å². The molecule has 5 rings (SSSR count). The zero-order valence-electron chi connectivity index (χ0n) is 19.0. The number of rotatable bonds is 6. The number of fused-ring (bicyclic) bond motifs is 1. The van der Waals surface area contributed by atoms with Gasteiger partial charge in [-0.2, -0.15) is 0 Å². The van der Waals surface area contributed by atoms with Gasteiger partial charge >= 0.3 is 0 Å². The molecule has 0 saturated heterocycles. The zero-order chi connectivity index (χ0) is 24.2. The summed E-state index contributed by atoms with van der Waals surface area (Å²) in [7, 11) is 0. The number of thioether (sulfide) groups is 1. The fourth-order valence-electron chi connectivity index (χ4n) is 3.76. The quantitative estimate of drug-likeness (QED) is 0.258. The molecule has 1 amide bonds. The van der Waals surface area contributed by atoms with Crippen LogP contribution in [0.4, 0.5) is 5.69 Å². The number of carbonyl (C=O) groups is 1. The van der Waals surface area contributed by atoms with Gasteiger partial charge in [-0.1, -0.05) is 66.4 Å². The van der Waals surface area contributed by atoms with Gasteiger partial charge in [0.2, 0.25) is 5.91 Å². The van der Waals surface area contributed by atoms with Crippen LogP contribution >= 0.6 is 11.8 Å². The maximum Gasteiger partial charge on any atom is 0.267 e. The average molecular weight is 479 g/mol. The van der Waals surface area contributed by atoms with Gasteiger partial charge in [-0.15, -0.1) is 0 Å². The molecule has 6 nitrogen and oxygen atoms in total.